The van der Waals surface area contributed by atoms with Crippen LogP contribution in [0.5, 0.6) is 5.75 Å². The van der Waals surface area contributed by atoms with Gasteiger partial charge in [0.2, 0.25) is 0 Å². The number of ether oxygens (including phenoxy) is 1. The number of fused-ring (bicyclic) bond motifs is 4. The molecule has 5 rings (SSSR count). The van der Waals surface area contributed by atoms with E-state index in [1.807, 2.05) is 4.57 Å². The van der Waals surface area contributed by atoms with Crippen LogP contribution in [0.15, 0.2) is 47.5 Å². The molecule has 4 heterocycles. The number of likely N-dealkylation sites (tertiary alicyclic amines) is 1. The summed E-state index contributed by atoms with van der Waals surface area (Å²) in [5, 5.41) is 0. The van der Waals surface area contributed by atoms with E-state index in [9.17, 15) is 4.79 Å². The van der Waals surface area contributed by atoms with E-state index in [-0.39, 0.29) is 5.56 Å². The van der Waals surface area contributed by atoms with E-state index in [0.717, 1.165) is 55.2 Å². The molecule has 2 atom stereocenters. The Hall–Kier alpha value is -3.19. The Morgan fingerprint density at radius 1 is 1.13 bits per heavy atom. The third-order valence-corrected chi connectivity index (χ3v) is 6.49. The average Bonchev–Trinajstić information content (AvgIpc) is 2.75. The quantitative estimate of drug-likeness (QED) is 0.703. The number of aromatic nitrogens is 3. The maximum absolute atomic E-state index is 12.9. The van der Waals surface area contributed by atoms with E-state index < -0.39 is 0 Å². The largest absolute Gasteiger partial charge is 0.496 e. The van der Waals surface area contributed by atoms with Crippen molar-refractivity contribution in [1.29, 1.82) is 0 Å². The Bertz CT molecular complexity index is 1190. The Morgan fingerprint density at radius 3 is 2.81 bits per heavy atom. The second kappa shape index (κ2) is 7.81. The van der Waals surface area contributed by atoms with Crippen molar-refractivity contribution in [2.75, 3.05) is 25.9 Å². The van der Waals surface area contributed by atoms with Crippen molar-refractivity contribution in [3.05, 3.63) is 69.9 Å². The Kier molecular flexibility index (Phi) is 4.98. The number of anilines is 1. The van der Waals surface area contributed by atoms with Gasteiger partial charge in [0.05, 0.1) is 12.8 Å². The van der Waals surface area contributed by atoms with Crippen molar-refractivity contribution in [1.82, 2.24) is 19.4 Å². The van der Waals surface area contributed by atoms with Gasteiger partial charge in [-0.15, -0.1) is 0 Å². The van der Waals surface area contributed by atoms with Crippen LogP contribution in [0.2, 0.25) is 0 Å². The Balaban J connectivity index is 1.43. The van der Waals surface area contributed by atoms with Gasteiger partial charge in [0, 0.05) is 55.5 Å². The van der Waals surface area contributed by atoms with E-state index in [1.54, 1.807) is 19.2 Å². The molecule has 0 unspecified atom stereocenters. The van der Waals surface area contributed by atoms with Crippen LogP contribution in [-0.4, -0.2) is 39.6 Å². The van der Waals surface area contributed by atoms with Crippen LogP contribution in [0, 0.1) is 12.8 Å². The zero-order chi connectivity index (χ0) is 21.5. The summed E-state index contributed by atoms with van der Waals surface area (Å²) in [4.78, 5) is 23.7. The molecule has 2 bridgehead atoms. The first-order valence-electron chi connectivity index (χ1n) is 10.7. The van der Waals surface area contributed by atoms with Gasteiger partial charge in [0.1, 0.15) is 17.9 Å². The molecule has 7 nitrogen and oxygen atoms in total. The lowest BCUT2D eigenvalue weighted by atomic mass is 9.82. The zero-order valence-corrected chi connectivity index (χ0v) is 17.9. The fourth-order valence-corrected chi connectivity index (χ4v) is 5.09. The lowest BCUT2D eigenvalue weighted by molar-refractivity contribution is 0.114. The van der Waals surface area contributed by atoms with Gasteiger partial charge in [-0.3, -0.25) is 9.69 Å². The zero-order valence-electron chi connectivity index (χ0n) is 17.9. The molecule has 1 fully saturated rings. The van der Waals surface area contributed by atoms with Gasteiger partial charge in [-0.25, -0.2) is 9.97 Å². The molecule has 1 aromatic carbocycles. The monoisotopic (exact) mass is 417 g/mol. The highest BCUT2D eigenvalue weighted by Crippen LogP contribution is 2.37. The number of pyridine rings is 1. The summed E-state index contributed by atoms with van der Waals surface area (Å²) in [6, 6.07) is 11.9. The number of piperidine rings is 1. The van der Waals surface area contributed by atoms with Crippen molar-refractivity contribution in [3.8, 4) is 17.0 Å². The first-order chi connectivity index (χ1) is 15.0. The third kappa shape index (κ3) is 3.81. The van der Waals surface area contributed by atoms with Gasteiger partial charge >= 0.3 is 0 Å². The first kappa shape index (κ1) is 19.8. The SMILES string of the molecule is COc1cc(CN2C[C@@H]3C[C@H](C2)c2cc(-c4cc(N)ncn4)cc(=O)n2C3)ccc1C. The van der Waals surface area contributed by atoms with Crippen LogP contribution in [0.25, 0.3) is 11.3 Å². The lowest BCUT2D eigenvalue weighted by Crippen LogP contribution is -2.46. The predicted octanol–water partition coefficient (Wildman–Crippen LogP) is 2.82. The van der Waals surface area contributed by atoms with Gasteiger partial charge < -0.3 is 15.0 Å². The minimum absolute atomic E-state index is 0.0381. The average molecular weight is 418 g/mol. The molecule has 7 heteroatoms. The molecule has 2 aliphatic rings. The minimum Gasteiger partial charge on any atom is -0.496 e. The van der Waals surface area contributed by atoms with Crippen LogP contribution in [0.4, 0.5) is 5.82 Å². The molecule has 2 N–H and O–H groups in total. The molecule has 0 saturated carbocycles. The molecular formula is C24H27N5O2. The fraction of sp³-hybridized carbons (Fsp3) is 0.375. The normalized spacial score (nSPS) is 20.3. The number of rotatable bonds is 4. The van der Waals surface area contributed by atoms with Crippen LogP contribution < -0.4 is 16.0 Å². The maximum atomic E-state index is 12.9. The van der Waals surface area contributed by atoms with E-state index in [1.165, 1.54) is 11.9 Å². The van der Waals surface area contributed by atoms with E-state index >= 15 is 0 Å². The lowest BCUT2D eigenvalue weighted by Gasteiger charge is -2.43. The van der Waals surface area contributed by atoms with E-state index in [4.69, 9.17) is 10.5 Å². The van der Waals surface area contributed by atoms with Crippen LogP contribution in [-0.2, 0) is 13.1 Å². The number of hydrogen-bond donors (Lipinski definition) is 1. The highest BCUT2D eigenvalue weighted by molar-refractivity contribution is 5.61. The standard InChI is InChI=1S/C24H27N5O2/c1-15-3-4-16(6-22(15)31-2)10-28-11-17-5-19(13-28)21-7-18(8-24(30)29(21)12-17)20-9-23(25)27-14-26-20/h3-4,6-9,14,17,19H,5,10-13H2,1-2H3,(H2,25,26,27)/t17-,19+/m0/s1. The Morgan fingerprint density at radius 2 is 2.00 bits per heavy atom. The van der Waals surface area contributed by atoms with Crippen LogP contribution in [0.1, 0.15) is 29.2 Å². The molecule has 2 aromatic heterocycles. The van der Waals surface area contributed by atoms with E-state index in [2.05, 4.69) is 46.1 Å². The van der Waals surface area contributed by atoms with Gasteiger partial charge in [-0.1, -0.05) is 12.1 Å². The van der Waals surface area contributed by atoms with Crippen LogP contribution in [0.3, 0.4) is 0 Å². The van der Waals surface area contributed by atoms with Crippen molar-refractivity contribution in [2.24, 2.45) is 5.92 Å². The number of nitrogens with zero attached hydrogens (tertiary/aromatic N) is 4. The summed E-state index contributed by atoms with van der Waals surface area (Å²) in [7, 11) is 1.72. The molecular weight excluding hydrogens is 390 g/mol. The van der Waals surface area contributed by atoms with E-state index in [0.29, 0.717) is 23.3 Å². The summed E-state index contributed by atoms with van der Waals surface area (Å²) in [6.45, 7) is 5.65. The number of hydrogen-bond acceptors (Lipinski definition) is 6. The highest BCUT2D eigenvalue weighted by Gasteiger charge is 2.35. The molecule has 160 valence electrons. The van der Waals surface area contributed by atoms with Crippen molar-refractivity contribution in [3.63, 3.8) is 0 Å². The minimum atomic E-state index is 0.0381. The fourth-order valence-electron chi connectivity index (χ4n) is 5.09. The van der Waals surface area contributed by atoms with Crippen molar-refractivity contribution < 1.29 is 4.74 Å². The topological polar surface area (TPSA) is 86.3 Å². The molecule has 0 radical (unpaired) electrons. The second-order valence-corrected chi connectivity index (χ2v) is 8.74. The maximum Gasteiger partial charge on any atom is 0.251 e. The summed E-state index contributed by atoms with van der Waals surface area (Å²) in [5.41, 5.74) is 10.9. The molecule has 2 aliphatic heterocycles. The smallest absolute Gasteiger partial charge is 0.251 e. The number of benzene rings is 1. The number of nitrogen functional groups attached to an aromatic ring is 1. The molecule has 1 saturated heterocycles. The molecule has 31 heavy (non-hydrogen) atoms. The molecule has 3 aromatic rings. The number of nitrogens with two attached hydrogens (primary N) is 1. The van der Waals surface area contributed by atoms with Gasteiger partial charge in [-0.05, 0) is 42.5 Å². The molecule has 0 spiro atoms. The third-order valence-electron chi connectivity index (χ3n) is 6.49. The van der Waals surface area contributed by atoms with Crippen molar-refractivity contribution >= 4 is 5.82 Å². The van der Waals surface area contributed by atoms with Gasteiger partial charge in [0.25, 0.3) is 5.56 Å². The van der Waals surface area contributed by atoms with Crippen molar-refractivity contribution in [2.45, 2.75) is 32.4 Å². The van der Waals surface area contributed by atoms with Crippen LogP contribution >= 0.6 is 0 Å². The molecule has 0 aliphatic carbocycles. The van der Waals surface area contributed by atoms with Gasteiger partial charge in [-0.2, -0.15) is 0 Å². The highest BCUT2D eigenvalue weighted by atomic mass is 16.5. The predicted molar refractivity (Wildman–Crippen MR) is 120 cm³/mol. The number of methoxy groups -OCH3 is 1. The molecule has 0 amide bonds. The first-order valence-corrected chi connectivity index (χ1v) is 10.7. The summed E-state index contributed by atoms with van der Waals surface area (Å²) in [5.74, 6) is 2.14. The Labute approximate surface area is 181 Å². The number of aryl methyl sites for hydroxylation is 1. The van der Waals surface area contributed by atoms with Gasteiger partial charge in [0.15, 0.2) is 0 Å². The summed E-state index contributed by atoms with van der Waals surface area (Å²) >= 11 is 0. The summed E-state index contributed by atoms with van der Waals surface area (Å²) < 4.78 is 7.45. The summed E-state index contributed by atoms with van der Waals surface area (Å²) in [6.07, 6.45) is 2.55. The second-order valence-electron chi connectivity index (χ2n) is 8.74.